The molecule has 0 spiro atoms. The molecule has 16 heavy (non-hydrogen) atoms. The lowest BCUT2D eigenvalue weighted by molar-refractivity contribution is 0.0930. The van der Waals surface area contributed by atoms with Gasteiger partial charge in [-0.15, -0.1) is 0 Å². The Morgan fingerprint density at radius 1 is 1.50 bits per heavy atom. The number of morpholine rings is 1. The maximum Gasteiger partial charge on any atom is 0.0670 e. The topological polar surface area (TPSA) is 38.5 Å². The van der Waals surface area contributed by atoms with Crippen LogP contribution in [0.5, 0.6) is 0 Å². The van der Waals surface area contributed by atoms with Crippen molar-refractivity contribution in [3.05, 3.63) is 23.8 Å². The van der Waals surface area contributed by atoms with Gasteiger partial charge in [0.05, 0.1) is 30.6 Å². The van der Waals surface area contributed by atoms with Gasteiger partial charge in [0.2, 0.25) is 0 Å². The minimum absolute atomic E-state index is 0.456. The Morgan fingerprint density at radius 3 is 3.00 bits per heavy atom. The fourth-order valence-corrected chi connectivity index (χ4v) is 2.36. The van der Waals surface area contributed by atoms with E-state index in [9.17, 15) is 0 Å². The molecule has 1 unspecified atom stereocenters. The lowest BCUT2D eigenvalue weighted by Crippen LogP contribution is -2.45. The molecule has 1 aromatic rings. The Kier molecular flexibility index (Phi) is 3.34. The van der Waals surface area contributed by atoms with E-state index in [0.29, 0.717) is 6.04 Å². The maximum atomic E-state index is 6.09. The zero-order valence-electron chi connectivity index (χ0n) is 10.1. The number of para-hydroxylation sites is 1. The van der Waals surface area contributed by atoms with Gasteiger partial charge in [-0.3, -0.25) is 0 Å². The van der Waals surface area contributed by atoms with Crippen LogP contribution < -0.4 is 10.6 Å². The van der Waals surface area contributed by atoms with Crippen molar-refractivity contribution in [1.29, 1.82) is 0 Å². The molecule has 0 bridgehead atoms. The van der Waals surface area contributed by atoms with Crippen LogP contribution in [0.4, 0.5) is 11.4 Å². The van der Waals surface area contributed by atoms with Crippen molar-refractivity contribution in [2.45, 2.75) is 26.3 Å². The summed E-state index contributed by atoms with van der Waals surface area (Å²) in [4.78, 5) is 2.40. The Bertz CT molecular complexity index is 345. The summed E-state index contributed by atoms with van der Waals surface area (Å²) >= 11 is 0. The summed E-state index contributed by atoms with van der Waals surface area (Å²) in [5.41, 5.74) is 9.40. The van der Waals surface area contributed by atoms with Crippen molar-refractivity contribution < 1.29 is 4.74 Å². The summed E-state index contributed by atoms with van der Waals surface area (Å²) in [5, 5.41) is 0. The Morgan fingerprint density at radius 2 is 2.31 bits per heavy atom. The second kappa shape index (κ2) is 4.74. The highest BCUT2D eigenvalue weighted by Gasteiger charge is 2.24. The molecule has 2 N–H and O–H groups in total. The van der Waals surface area contributed by atoms with Crippen LogP contribution in [0.1, 0.15) is 18.9 Å². The molecule has 0 radical (unpaired) electrons. The van der Waals surface area contributed by atoms with Gasteiger partial charge in [-0.05, 0) is 25.0 Å². The average Bonchev–Trinajstić information content (AvgIpc) is 2.29. The molecule has 2 rings (SSSR count). The highest BCUT2D eigenvalue weighted by atomic mass is 16.5. The summed E-state index contributed by atoms with van der Waals surface area (Å²) < 4.78 is 5.52. The lowest BCUT2D eigenvalue weighted by atomic mass is 10.1. The molecule has 0 aliphatic carbocycles. The van der Waals surface area contributed by atoms with Crippen molar-refractivity contribution in [1.82, 2.24) is 0 Å². The highest BCUT2D eigenvalue weighted by Crippen LogP contribution is 2.30. The van der Waals surface area contributed by atoms with Crippen LogP contribution in [0.2, 0.25) is 0 Å². The third-order valence-electron chi connectivity index (χ3n) is 3.25. The maximum absolute atomic E-state index is 6.09. The fraction of sp³-hybridized carbons (Fsp3) is 0.538. The molecule has 1 atom stereocenters. The Balaban J connectivity index is 2.34. The van der Waals surface area contributed by atoms with Crippen LogP contribution >= 0.6 is 0 Å². The van der Waals surface area contributed by atoms with E-state index in [0.717, 1.165) is 31.9 Å². The molecule has 1 aliphatic heterocycles. The first kappa shape index (κ1) is 11.3. The van der Waals surface area contributed by atoms with E-state index in [1.807, 2.05) is 12.1 Å². The summed E-state index contributed by atoms with van der Waals surface area (Å²) in [6.07, 6.45) is 1.09. The van der Waals surface area contributed by atoms with Gasteiger partial charge in [0.1, 0.15) is 0 Å². The van der Waals surface area contributed by atoms with E-state index in [1.54, 1.807) is 0 Å². The first-order valence-corrected chi connectivity index (χ1v) is 5.93. The number of nitrogens with zero attached hydrogens (tertiary/aromatic N) is 1. The molecule has 1 saturated heterocycles. The minimum Gasteiger partial charge on any atom is -0.397 e. The van der Waals surface area contributed by atoms with Crippen LogP contribution in [-0.4, -0.2) is 25.8 Å². The van der Waals surface area contributed by atoms with E-state index in [2.05, 4.69) is 24.8 Å². The monoisotopic (exact) mass is 220 g/mol. The quantitative estimate of drug-likeness (QED) is 0.776. The zero-order valence-corrected chi connectivity index (χ0v) is 10.1. The molecule has 3 nitrogen and oxygen atoms in total. The number of ether oxygens (including phenoxy) is 1. The van der Waals surface area contributed by atoms with Gasteiger partial charge >= 0.3 is 0 Å². The summed E-state index contributed by atoms with van der Waals surface area (Å²) in [6, 6.07) is 6.56. The molecule has 0 aromatic heterocycles. The first-order valence-electron chi connectivity index (χ1n) is 5.93. The molecule has 1 heterocycles. The zero-order chi connectivity index (χ0) is 11.5. The van der Waals surface area contributed by atoms with Crippen molar-refractivity contribution in [2.75, 3.05) is 30.4 Å². The van der Waals surface area contributed by atoms with Crippen LogP contribution in [0, 0.1) is 6.92 Å². The largest absolute Gasteiger partial charge is 0.397 e. The van der Waals surface area contributed by atoms with Gasteiger partial charge < -0.3 is 15.4 Å². The van der Waals surface area contributed by atoms with Crippen LogP contribution in [0.15, 0.2) is 18.2 Å². The molecule has 3 heteroatoms. The number of anilines is 2. The van der Waals surface area contributed by atoms with Crippen LogP contribution in [-0.2, 0) is 4.74 Å². The van der Waals surface area contributed by atoms with E-state index >= 15 is 0 Å². The van der Waals surface area contributed by atoms with Gasteiger partial charge in [-0.2, -0.15) is 0 Å². The summed E-state index contributed by atoms with van der Waals surface area (Å²) in [5.74, 6) is 0. The third-order valence-corrected chi connectivity index (χ3v) is 3.25. The van der Waals surface area contributed by atoms with E-state index in [1.165, 1.54) is 11.3 Å². The van der Waals surface area contributed by atoms with E-state index in [-0.39, 0.29) is 0 Å². The van der Waals surface area contributed by atoms with Crippen molar-refractivity contribution in [2.24, 2.45) is 0 Å². The molecule has 1 aromatic carbocycles. The van der Waals surface area contributed by atoms with Gasteiger partial charge in [0.15, 0.2) is 0 Å². The Hall–Kier alpha value is -1.22. The second-order valence-corrected chi connectivity index (χ2v) is 4.34. The number of hydrogen-bond acceptors (Lipinski definition) is 3. The van der Waals surface area contributed by atoms with E-state index < -0.39 is 0 Å². The number of benzene rings is 1. The molecular formula is C13H20N2O. The van der Waals surface area contributed by atoms with Crippen LogP contribution in [0.3, 0.4) is 0 Å². The van der Waals surface area contributed by atoms with Crippen molar-refractivity contribution in [3.63, 3.8) is 0 Å². The second-order valence-electron chi connectivity index (χ2n) is 4.34. The number of rotatable bonds is 2. The van der Waals surface area contributed by atoms with Crippen LogP contribution in [0.25, 0.3) is 0 Å². The first-order chi connectivity index (χ1) is 7.74. The van der Waals surface area contributed by atoms with E-state index in [4.69, 9.17) is 10.5 Å². The molecular weight excluding hydrogens is 200 g/mol. The molecule has 1 aliphatic rings. The average molecular weight is 220 g/mol. The number of nitrogens with two attached hydrogens (primary N) is 1. The minimum atomic E-state index is 0.456. The number of aryl methyl sites for hydroxylation is 1. The summed E-state index contributed by atoms with van der Waals surface area (Å²) in [6.45, 7) is 6.86. The SMILES string of the molecule is CCC1COCCN1c1c(C)cccc1N. The van der Waals surface area contributed by atoms with Gasteiger partial charge in [0, 0.05) is 6.54 Å². The van der Waals surface area contributed by atoms with Gasteiger partial charge in [0.25, 0.3) is 0 Å². The fourth-order valence-electron chi connectivity index (χ4n) is 2.36. The Labute approximate surface area is 97.2 Å². The molecule has 0 amide bonds. The third kappa shape index (κ3) is 2.00. The summed E-state index contributed by atoms with van der Waals surface area (Å²) in [7, 11) is 0. The normalized spacial score (nSPS) is 21.1. The molecule has 1 fully saturated rings. The predicted octanol–water partition coefficient (Wildman–Crippen LogP) is 2.19. The standard InChI is InChI=1S/C13H20N2O/c1-3-11-9-16-8-7-15(11)13-10(2)5-4-6-12(13)14/h4-6,11H,3,7-9,14H2,1-2H3. The van der Waals surface area contributed by atoms with Gasteiger partial charge in [-0.25, -0.2) is 0 Å². The smallest absolute Gasteiger partial charge is 0.0670 e. The molecule has 0 saturated carbocycles. The molecule has 88 valence electrons. The van der Waals surface area contributed by atoms with Crippen molar-refractivity contribution in [3.8, 4) is 0 Å². The predicted molar refractivity (Wildman–Crippen MR) is 67.8 cm³/mol. The lowest BCUT2D eigenvalue weighted by Gasteiger charge is -2.38. The highest BCUT2D eigenvalue weighted by molar-refractivity contribution is 5.71. The number of hydrogen-bond donors (Lipinski definition) is 1. The van der Waals surface area contributed by atoms with Gasteiger partial charge in [-0.1, -0.05) is 19.1 Å². The van der Waals surface area contributed by atoms with Crippen molar-refractivity contribution >= 4 is 11.4 Å². The number of nitrogen functional groups attached to an aromatic ring is 1.